The molecule has 1 aliphatic heterocycles. The van der Waals surface area contributed by atoms with Crippen LogP contribution in [0.2, 0.25) is 0 Å². The standard InChI is InChI=1S/C32H31N5O/c1-21-10-8-11-25(19-21)30-29-14-9-17-35(29)31-27(24(4)34-37(31)26-12-6-5-7-13-26)20-36(30)32(38)33-28-16-15-22(2)18-23(28)3/h5-19,30H,20H2,1-4H3,(H,33,38)/t30-/m1/s1. The summed E-state index contributed by atoms with van der Waals surface area (Å²) in [5, 5.41) is 8.15. The summed E-state index contributed by atoms with van der Waals surface area (Å²) in [5.41, 5.74) is 9.18. The van der Waals surface area contributed by atoms with Crippen LogP contribution in [-0.4, -0.2) is 25.3 Å². The van der Waals surface area contributed by atoms with Gasteiger partial charge in [0.25, 0.3) is 0 Å². The van der Waals surface area contributed by atoms with Gasteiger partial charge < -0.3 is 14.8 Å². The van der Waals surface area contributed by atoms with Gasteiger partial charge in [-0.1, -0.05) is 65.7 Å². The summed E-state index contributed by atoms with van der Waals surface area (Å²) in [6.07, 6.45) is 2.07. The SMILES string of the molecule is Cc1cccc([C@@H]2c3cccn3-c3c(c(C)nn3-c3ccccc3)CN2C(=O)Nc2ccc(C)cc2C)c1. The van der Waals surface area contributed by atoms with Gasteiger partial charge in [-0.2, -0.15) is 5.10 Å². The molecule has 0 aliphatic carbocycles. The summed E-state index contributed by atoms with van der Waals surface area (Å²) in [7, 11) is 0. The maximum absolute atomic E-state index is 14.1. The van der Waals surface area contributed by atoms with E-state index in [9.17, 15) is 4.79 Å². The average molecular weight is 502 g/mol. The third-order valence-electron chi connectivity index (χ3n) is 7.33. The monoisotopic (exact) mass is 501 g/mol. The Bertz CT molecular complexity index is 1650. The van der Waals surface area contributed by atoms with Crippen LogP contribution in [0.1, 0.15) is 45.2 Å². The molecule has 3 aromatic carbocycles. The molecule has 0 saturated heterocycles. The molecule has 3 heterocycles. The van der Waals surface area contributed by atoms with Gasteiger partial charge in [-0.05, 0) is 69.2 Å². The number of fused-ring (bicyclic) bond motifs is 3. The molecule has 1 N–H and O–H groups in total. The highest BCUT2D eigenvalue weighted by atomic mass is 16.2. The van der Waals surface area contributed by atoms with Gasteiger partial charge in [-0.15, -0.1) is 0 Å². The van der Waals surface area contributed by atoms with Crippen molar-refractivity contribution in [1.29, 1.82) is 0 Å². The number of hydrogen-bond donors (Lipinski definition) is 1. The molecule has 6 heteroatoms. The number of para-hydroxylation sites is 1. The molecule has 5 aromatic rings. The summed E-state index contributed by atoms with van der Waals surface area (Å²) in [6, 6.07) is 28.4. The first kappa shape index (κ1) is 23.8. The lowest BCUT2D eigenvalue weighted by atomic mass is 10.00. The minimum absolute atomic E-state index is 0.143. The van der Waals surface area contributed by atoms with Crippen LogP contribution in [0, 0.1) is 27.7 Å². The molecule has 0 fully saturated rings. The largest absolute Gasteiger partial charge is 0.322 e. The number of rotatable bonds is 3. The zero-order valence-electron chi connectivity index (χ0n) is 22.1. The number of amides is 2. The number of benzene rings is 3. The number of nitrogens with zero attached hydrogens (tertiary/aromatic N) is 4. The Hall–Kier alpha value is -4.58. The van der Waals surface area contributed by atoms with Crippen LogP contribution in [0.25, 0.3) is 11.5 Å². The topological polar surface area (TPSA) is 55.1 Å². The number of carbonyl (C=O) groups is 1. The summed E-state index contributed by atoms with van der Waals surface area (Å²) in [6.45, 7) is 8.62. The first-order valence-electron chi connectivity index (χ1n) is 12.9. The minimum Gasteiger partial charge on any atom is -0.308 e. The molecule has 0 unspecified atom stereocenters. The fourth-order valence-corrected chi connectivity index (χ4v) is 5.48. The molecule has 6 rings (SSSR count). The zero-order valence-corrected chi connectivity index (χ0v) is 22.1. The van der Waals surface area contributed by atoms with Crippen LogP contribution in [-0.2, 0) is 6.54 Å². The molecule has 2 amide bonds. The summed E-state index contributed by atoms with van der Waals surface area (Å²) in [5.74, 6) is 0.966. The number of aromatic nitrogens is 3. The lowest BCUT2D eigenvalue weighted by Gasteiger charge is -2.31. The van der Waals surface area contributed by atoms with Crippen molar-refractivity contribution in [2.45, 2.75) is 40.3 Å². The van der Waals surface area contributed by atoms with Crippen LogP contribution in [0.15, 0.2) is 91.1 Å². The Morgan fingerprint density at radius 2 is 1.66 bits per heavy atom. The summed E-state index contributed by atoms with van der Waals surface area (Å²) in [4.78, 5) is 16.1. The smallest absolute Gasteiger partial charge is 0.308 e. The molecule has 38 heavy (non-hydrogen) atoms. The van der Waals surface area contributed by atoms with Gasteiger partial charge in [-0.25, -0.2) is 9.48 Å². The van der Waals surface area contributed by atoms with E-state index in [4.69, 9.17) is 5.10 Å². The lowest BCUT2D eigenvalue weighted by Crippen LogP contribution is -2.38. The van der Waals surface area contributed by atoms with Crippen LogP contribution < -0.4 is 5.32 Å². The number of urea groups is 1. The normalized spacial score (nSPS) is 14.5. The van der Waals surface area contributed by atoms with Crippen molar-refractivity contribution in [2.75, 3.05) is 5.32 Å². The summed E-state index contributed by atoms with van der Waals surface area (Å²) >= 11 is 0. The molecular weight excluding hydrogens is 470 g/mol. The lowest BCUT2D eigenvalue weighted by molar-refractivity contribution is 0.194. The maximum Gasteiger partial charge on any atom is 0.322 e. The number of anilines is 1. The third-order valence-corrected chi connectivity index (χ3v) is 7.33. The maximum atomic E-state index is 14.1. The molecule has 2 aromatic heterocycles. The second kappa shape index (κ2) is 9.38. The summed E-state index contributed by atoms with van der Waals surface area (Å²) < 4.78 is 4.19. The van der Waals surface area contributed by atoms with E-state index >= 15 is 0 Å². The predicted molar refractivity (Wildman–Crippen MR) is 151 cm³/mol. The Kier molecular flexibility index (Phi) is 5.87. The van der Waals surface area contributed by atoms with Crippen LogP contribution >= 0.6 is 0 Å². The quantitative estimate of drug-likeness (QED) is 0.288. The van der Waals surface area contributed by atoms with E-state index in [1.807, 2.05) is 59.8 Å². The van der Waals surface area contributed by atoms with Crippen molar-refractivity contribution in [3.05, 3.63) is 130 Å². The molecule has 0 bridgehead atoms. The minimum atomic E-state index is -0.285. The number of carbonyl (C=O) groups excluding carboxylic acids is 1. The molecule has 1 aliphatic rings. The van der Waals surface area contributed by atoms with Crippen molar-refractivity contribution in [2.24, 2.45) is 0 Å². The van der Waals surface area contributed by atoms with E-state index in [0.29, 0.717) is 6.54 Å². The van der Waals surface area contributed by atoms with Crippen molar-refractivity contribution < 1.29 is 4.79 Å². The number of hydrogen-bond acceptors (Lipinski definition) is 2. The van der Waals surface area contributed by atoms with Gasteiger partial charge >= 0.3 is 6.03 Å². The predicted octanol–water partition coefficient (Wildman–Crippen LogP) is 7.03. The zero-order chi connectivity index (χ0) is 26.4. The fraction of sp³-hybridized carbons (Fsp3) is 0.188. The number of aryl methyl sites for hydroxylation is 4. The van der Waals surface area contributed by atoms with Crippen molar-refractivity contribution in [3.8, 4) is 11.5 Å². The molecule has 0 radical (unpaired) electrons. The molecular formula is C32H31N5O. The van der Waals surface area contributed by atoms with Crippen molar-refractivity contribution in [3.63, 3.8) is 0 Å². The van der Waals surface area contributed by atoms with E-state index in [1.165, 1.54) is 5.56 Å². The van der Waals surface area contributed by atoms with E-state index in [2.05, 4.69) is 78.5 Å². The Morgan fingerprint density at radius 3 is 2.42 bits per heavy atom. The van der Waals surface area contributed by atoms with Crippen LogP contribution in [0.4, 0.5) is 10.5 Å². The van der Waals surface area contributed by atoms with Gasteiger partial charge in [0, 0.05) is 17.4 Å². The van der Waals surface area contributed by atoms with Crippen molar-refractivity contribution >= 4 is 11.7 Å². The molecule has 0 spiro atoms. The van der Waals surface area contributed by atoms with Crippen molar-refractivity contribution in [1.82, 2.24) is 19.2 Å². The highest BCUT2D eigenvalue weighted by Crippen LogP contribution is 2.39. The van der Waals surface area contributed by atoms with Gasteiger partial charge in [0.1, 0.15) is 5.82 Å². The van der Waals surface area contributed by atoms with E-state index < -0.39 is 0 Å². The molecule has 6 nitrogen and oxygen atoms in total. The van der Waals surface area contributed by atoms with Crippen LogP contribution in [0.3, 0.4) is 0 Å². The van der Waals surface area contributed by atoms with E-state index in [1.54, 1.807) is 0 Å². The Balaban J connectivity index is 1.54. The first-order valence-corrected chi connectivity index (χ1v) is 12.9. The van der Waals surface area contributed by atoms with Gasteiger partial charge in [-0.3, -0.25) is 0 Å². The van der Waals surface area contributed by atoms with E-state index in [-0.39, 0.29) is 12.1 Å². The second-order valence-electron chi connectivity index (χ2n) is 10.1. The highest BCUT2D eigenvalue weighted by Gasteiger charge is 2.36. The van der Waals surface area contributed by atoms with Crippen LogP contribution in [0.5, 0.6) is 0 Å². The first-order chi connectivity index (χ1) is 18.4. The van der Waals surface area contributed by atoms with Gasteiger partial charge in [0.05, 0.1) is 29.7 Å². The van der Waals surface area contributed by atoms with E-state index in [0.717, 1.165) is 50.8 Å². The Labute approximate surface area is 223 Å². The third kappa shape index (κ3) is 4.08. The van der Waals surface area contributed by atoms with Gasteiger partial charge in [0.2, 0.25) is 0 Å². The average Bonchev–Trinajstić information content (AvgIpc) is 3.46. The molecule has 0 saturated carbocycles. The highest BCUT2D eigenvalue weighted by molar-refractivity contribution is 5.91. The Morgan fingerprint density at radius 1 is 0.868 bits per heavy atom. The molecule has 1 atom stereocenters. The van der Waals surface area contributed by atoms with Gasteiger partial charge in [0.15, 0.2) is 0 Å². The second-order valence-corrected chi connectivity index (χ2v) is 10.1. The fourth-order valence-electron chi connectivity index (χ4n) is 5.48. The number of nitrogens with one attached hydrogen (secondary N) is 1. The molecule has 190 valence electrons.